The molecule has 0 fully saturated rings. The van der Waals surface area contributed by atoms with Crippen LogP contribution in [-0.4, -0.2) is 13.4 Å². The van der Waals surface area contributed by atoms with Gasteiger partial charge in [0.05, 0.1) is 4.47 Å². The van der Waals surface area contributed by atoms with E-state index in [0.717, 1.165) is 0 Å². The molecule has 112 valence electrons. The average molecular weight is 439 g/mol. The van der Waals surface area contributed by atoms with Gasteiger partial charge < -0.3 is 5.73 Å². The molecule has 0 aliphatic rings. The van der Waals surface area contributed by atoms with Crippen LogP contribution in [0.15, 0.2) is 44.3 Å². The summed E-state index contributed by atoms with van der Waals surface area (Å²) in [5.74, 6) is -0.800. The third-order valence-electron chi connectivity index (χ3n) is 2.58. The van der Waals surface area contributed by atoms with Crippen LogP contribution in [0.4, 0.5) is 10.2 Å². The molecule has 0 unspecified atom stereocenters. The van der Waals surface area contributed by atoms with Crippen molar-refractivity contribution in [1.82, 2.24) is 4.98 Å². The predicted octanol–water partition coefficient (Wildman–Crippen LogP) is 3.01. The number of halogens is 3. The molecule has 0 bridgehead atoms. The number of nitrogens with two attached hydrogens (primary N) is 1. The largest absolute Gasteiger partial charge is 0.326 e. The zero-order chi connectivity index (χ0) is 15.6. The van der Waals surface area contributed by atoms with Crippen molar-refractivity contribution in [3.05, 3.63) is 50.8 Å². The van der Waals surface area contributed by atoms with Gasteiger partial charge in [-0.05, 0) is 40.2 Å². The van der Waals surface area contributed by atoms with Crippen LogP contribution >= 0.6 is 31.9 Å². The van der Waals surface area contributed by atoms with Crippen LogP contribution in [-0.2, 0) is 16.6 Å². The Morgan fingerprint density at radius 1 is 1.33 bits per heavy atom. The Bertz CT molecular complexity index is 784. The maximum Gasteiger partial charge on any atom is 0.266 e. The molecule has 0 amide bonds. The van der Waals surface area contributed by atoms with E-state index in [1.807, 2.05) is 0 Å². The molecule has 2 aromatic rings. The fourth-order valence-electron chi connectivity index (χ4n) is 1.61. The third-order valence-corrected chi connectivity index (χ3v) is 5.01. The monoisotopic (exact) mass is 437 g/mol. The second-order valence-corrected chi connectivity index (χ2v) is 7.44. The van der Waals surface area contributed by atoms with Crippen molar-refractivity contribution in [2.45, 2.75) is 11.4 Å². The second kappa shape index (κ2) is 6.39. The standard InChI is InChI=1S/C12H10Br2FN3O2S/c13-8-4-7(6-16)11(15)10(5-8)21(19,20)18-12-9(14)2-1-3-17-12/h1-5H,6,16H2,(H,17,18). The molecular weight excluding hydrogens is 429 g/mol. The lowest BCUT2D eigenvalue weighted by molar-refractivity contribution is 0.560. The number of sulfonamides is 1. The number of anilines is 1. The van der Waals surface area contributed by atoms with Gasteiger partial charge in [-0.1, -0.05) is 15.9 Å². The fourth-order valence-corrected chi connectivity index (χ4v) is 3.92. The number of nitrogens with zero attached hydrogens (tertiary/aromatic N) is 1. The van der Waals surface area contributed by atoms with Crippen LogP contribution in [0, 0.1) is 5.82 Å². The molecule has 2 rings (SSSR count). The molecule has 5 nitrogen and oxygen atoms in total. The number of benzene rings is 1. The summed E-state index contributed by atoms with van der Waals surface area (Å²) in [6.45, 7) is -0.110. The molecule has 0 saturated heterocycles. The highest BCUT2D eigenvalue weighted by Crippen LogP contribution is 2.27. The lowest BCUT2D eigenvalue weighted by atomic mass is 10.2. The van der Waals surface area contributed by atoms with E-state index >= 15 is 0 Å². The van der Waals surface area contributed by atoms with Gasteiger partial charge in [0, 0.05) is 22.8 Å². The molecule has 0 radical (unpaired) electrons. The van der Waals surface area contributed by atoms with E-state index in [1.165, 1.54) is 18.3 Å². The Hall–Kier alpha value is -1.03. The highest BCUT2D eigenvalue weighted by molar-refractivity contribution is 9.10. The first kappa shape index (κ1) is 16.3. The summed E-state index contributed by atoms with van der Waals surface area (Å²) in [5.41, 5.74) is 5.51. The number of hydrogen-bond donors (Lipinski definition) is 2. The molecule has 21 heavy (non-hydrogen) atoms. The predicted molar refractivity (Wildman–Crippen MR) is 84.7 cm³/mol. The minimum Gasteiger partial charge on any atom is -0.326 e. The minimum atomic E-state index is -4.12. The molecule has 1 aromatic heterocycles. The summed E-state index contributed by atoms with van der Waals surface area (Å²) in [7, 11) is -4.12. The quantitative estimate of drug-likeness (QED) is 0.768. The first-order valence-electron chi connectivity index (χ1n) is 5.66. The van der Waals surface area contributed by atoms with E-state index in [9.17, 15) is 12.8 Å². The number of rotatable bonds is 4. The summed E-state index contributed by atoms with van der Waals surface area (Å²) in [6, 6.07) is 5.86. The van der Waals surface area contributed by atoms with E-state index in [4.69, 9.17) is 5.73 Å². The average Bonchev–Trinajstić information content (AvgIpc) is 2.43. The molecule has 0 atom stereocenters. The van der Waals surface area contributed by atoms with Gasteiger partial charge in [-0.2, -0.15) is 0 Å². The van der Waals surface area contributed by atoms with Crippen LogP contribution in [0.3, 0.4) is 0 Å². The summed E-state index contributed by atoms with van der Waals surface area (Å²) >= 11 is 6.31. The van der Waals surface area contributed by atoms with Crippen molar-refractivity contribution in [3.8, 4) is 0 Å². The zero-order valence-corrected chi connectivity index (χ0v) is 14.5. The first-order chi connectivity index (χ1) is 9.85. The lowest BCUT2D eigenvalue weighted by Crippen LogP contribution is -2.17. The van der Waals surface area contributed by atoms with Crippen molar-refractivity contribution in [3.63, 3.8) is 0 Å². The number of pyridine rings is 1. The van der Waals surface area contributed by atoms with Crippen molar-refractivity contribution < 1.29 is 12.8 Å². The Morgan fingerprint density at radius 3 is 2.67 bits per heavy atom. The van der Waals surface area contributed by atoms with Gasteiger partial charge in [0.15, 0.2) is 5.82 Å². The SMILES string of the molecule is NCc1cc(Br)cc(S(=O)(=O)Nc2ncccc2Br)c1F. The Kier molecular flexibility index (Phi) is 4.97. The Morgan fingerprint density at radius 2 is 2.05 bits per heavy atom. The smallest absolute Gasteiger partial charge is 0.266 e. The molecular formula is C12H10Br2FN3O2S. The fraction of sp³-hybridized carbons (Fsp3) is 0.0833. The number of aromatic nitrogens is 1. The summed E-state index contributed by atoms with van der Waals surface area (Å²) in [5, 5.41) is 0. The highest BCUT2D eigenvalue weighted by atomic mass is 79.9. The molecule has 3 N–H and O–H groups in total. The molecule has 1 aromatic carbocycles. The van der Waals surface area contributed by atoms with Gasteiger partial charge >= 0.3 is 0 Å². The van der Waals surface area contributed by atoms with Crippen LogP contribution < -0.4 is 10.5 Å². The number of nitrogens with one attached hydrogen (secondary N) is 1. The molecule has 0 aliphatic carbocycles. The number of hydrogen-bond acceptors (Lipinski definition) is 4. The first-order valence-corrected chi connectivity index (χ1v) is 8.73. The Labute approximate surface area is 138 Å². The molecule has 9 heteroatoms. The van der Waals surface area contributed by atoms with Gasteiger partial charge in [-0.25, -0.2) is 17.8 Å². The summed E-state index contributed by atoms with van der Waals surface area (Å²) in [4.78, 5) is 3.40. The second-order valence-electron chi connectivity index (χ2n) is 4.02. The van der Waals surface area contributed by atoms with E-state index in [2.05, 4.69) is 41.6 Å². The van der Waals surface area contributed by atoms with Crippen LogP contribution in [0.2, 0.25) is 0 Å². The van der Waals surface area contributed by atoms with Gasteiger partial charge in [-0.3, -0.25) is 4.72 Å². The third kappa shape index (κ3) is 3.60. The van der Waals surface area contributed by atoms with Crippen molar-refractivity contribution in [2.24, 2.45) is 5.73 Å². The highest BCUT2D eigenvalue weighted by Gasteiger charge is 2.23. The maximum absolute atomic E-state index is 14.2. The van der Waals surface area contributed by atoms with Gasteiger partial charge in [0.2, 0.25) is 0 Å². The molecule has 0 saturated carbocycles. The van der Waals surface area contributed by atoms with Crippen molar-refractivity contribution in [2.75, 3.05) is 4.72 Å². The summed E-state index contributed by atoms with van der Waals surface area (Å²) < 4.78 is 41.9. The van der Waals surface area contributed by atoms with Crippen LogP contribution in [0.5, 0.6) is 0 Å². The van der Waals surface area contributed by atoms with E-state index in [1.54, 1.807) is 12.1 Å². The Balaban J connectivity index is 2.50. The maximum atomic E-state index is 14.2. The van der Waals surface area contributed by atoms with E-state index < -0.39 is 20.7 Å². The van der Waals surface area contributed by atoms with Crippen molar-refractivity contribution in [1.29, 1.82) is 0 Å². The molecule has 0 aliphatic heterocycles. The lowest BCUT2D eigenvalue weighted by Gasteiger charge is -2.11. The van der Waals surface area contributed by atoms with Crippen LogP contribution in [0.1, 0.15) is 5.56 Å². The van der Waals surface area contributed by atoms with Gasteiger partial charge in [-0.15, -0.1) is 0 Å². The van der Waals surface area contributed by atoms with Crippen molar-refractivity contribution >= 4 is 47.7 Å². The molecule has 1 heterocycles. The van der Waals surface area contributed by atoms with E-state index in [0.29, 0.717) is 8.95 Å². The van der Waals surface area contributed by atoms with E-state index in [-0.39, 0.29) is 17.9 Å². The molecule has 0 spiro atoms. The minimum absolute atomic E-state index is 0.0752. The normalized spacial score (nSPS) is 11.4. The summed E-state index contributed by atoms with van der Waals surface area (Å²) in [6.07, 6.45) is 1.42. The van der Waals surface area contributed by atoms with Crippen LogP contribution in [0.25, 0.3) is 0 Å². The zero-order valence-electron chi connectivity index (χ0n) is 10.5. The van der Waals surface area contributed by atoms with Gasteiger partial charge in [0.25, 0.3) is 10.0 Å². The van der Waals surface area contributed by atoms with Gasteiger partial charge in [0.1, 0.15) is 10.7 Å². The topological polar surface area (TPSA) is 85.1 Å².